The summed E-state index contributed by atoms with van der Waals surface area (Å²) in [6.45, 7) is 18.2. The van der Waals surface area contributed by atoms with Gasteiger partial charge in [-0.3, -0.25) is 0 Å². The smallest absolute Gasteiger partial charge is 0.0641 e. The van der Waals surface area contributed by atoms with Crippen molar-refractivity contribution in [1.29, 1.82) is 0 Å². The first-order valence-electron chi connectivity index (χ1n) is 28.3. The maximum Gasteiger partial charge on any atom is 0.0641 e. The highest BCUT2D eigenvalue weighted by molar-refractivity contribution is 6.32. The van der Waals surface area contributed by atoms with Crippen LogP contribution in [0, 0.1) is 13.8 Å². The molecule has 0 atom stereocenters. The fraction of sp³-hybridized carbons (Fsp3) is 0.132. The van der Waals surface area contributed by atoms with Gasteiger partial charge in [-0.15, -0.1) is 0 Å². The van der Waals surface area contributed by atoms with E-state index in [4.69, 9.17) is 0 Å². The first kappa shape index (κ1) is 47.8. The Morgan fingerprint density at radius 2 is 0.662 bits per heavy atom. The molecule has 0 spiro atoms. The molecule has 0 unspecified atom stereocenters. The molecule has 386 valence electrons. The zero-order chi connectivity index (χ0) is 54.3. The molecule has 4 heteroatoms. The molecule has 0 aliphatic rings. The van der Waals surface area contributed by atoms with E-state index in [9.17, 15) is 0 Å². The van der Waals surface area contributed by atoms with E-state index in [1.165, 1.54) is 121 Å². The quantitative estimate of drug-likeness (QED) is 0.151. The lowest BCUT2D eigenvalue weighted by Crippen LogP contribution is -2.15. The Labute approximate surface area is 467 Å². The summed E-state index contributed by atoms with van der Waals surface area (Å²) >= 11 is 0. The summed E-state index contributed by atoms with van der Waals surface area (Å²) in [5.41, 5.74) is 24.0. The lowest BCUT2D eigenvalue weighted by molar-refractivity contribution is 0.590. The second kappa shape index (κ2) is 17.6. The van der Waals surface area contributed by atoms with Crippen LogP contribution in [0.2, 0.25) is 0 Å². The van der Waals surface area contributed by atoms with Gasteiger partial charge in [0, 0.05) is 65.6 Å². The number of benzene rings is 11. The van der Waals surface area contributed by atoms with Crippen molar-refractivity contribution in [1.82, 2.24) is 8.80 Å². The summed E-state index contributed by atoms with van der Waals surface area (Å²) in [5, 5.41) is 9.94. The number of para-hydroxylation sites is 2. The summed E-state index contributed by atoms with van der Waals surface area (Å²) in [4.78, 5) is 5.04. The van der Waals surface area contributed by atoms with Crippen LogP contribution in [0.5, 0.6) is 0 Å². The van der Waals surface area contributed by atoms with Crippen LogP contribution in [0.25, 0.3) is 98.4 Å². The topological polar surface area (TPSA) is 15.3 Å². The summed E-state index contributed by atoms with van der Waals surface area (Å²) < 4.78 is 5.13. The van der Waals surface area contributed by atoms with E-state index >= 15 is 0 Å². The lowest BCUT2D eigenvalue weighted by atomic mass is 9.84. The van der Waals surface area contributed by atoms with E-state index in [2.05, 4.69) is 305 Å². The first-order valence-corrected chi connectivity index (χ1v) is 28.3. The molecule has 0 fully saturated rings. The summed E-state index contributed by atoms with van der Waals surface area (Å²) in [5.74, 6) is 0. The number of aryl methyl sites for hydroxylation is 2. The van der Waals surface area contributed by atoms with Gasteiger partial charge in [0.05, 0.1) is 55.8 Å². The third-order valence-electron chi connectivity index (χ3n) is 17.2. The number of rotatable bonds is 8. The predicted molar refractivity (Wildman–Crippen MR) is 343 cm³/mol. The van der Waals surface area contributed by atoms with Crippen LogP contribution in [0.1, 0.15) is 63.8 Å². The fourth-order valence-corrected chi connectivity index (χ4v) is 13.1. The Morgan fingerprint density at radius 1 is 0.300 bits per heavy atom. The van der Waals surface area contributed by atoms with Gasteiger partial charge in [0.15, 0.2) is 0 Å². The highest BCUT2D eigenvalue weighted by atomic mass is 15.2. The van der Waals surface area contributed by atoms with Gasteiger partial charge >= 0.3 is 0 Å². The summed E-state index contributed by atoms with van der Waals surface area (Å²) in [7, 11) is 0. The van der Waals surface area contributed by atoms with Crippen LogP contribution in [0.3, 0.4) is 0 Å². The normalized spacial score (nSPS) is 12.5. The molecule has 0 aliphatic carbocycles. The van der Waals surface area contributed by atoms with Crippen molar-refractivity contribution < 1.29 is 0 Å². The average molecular weight is 1030 g/mol. The molecule has 0 radical (unpaired) electrons. The van der Waals surface area contributed by atoms with Gasteiger partial charge in [0.25, 0.3) is 0 Å². The number of hydrogen-bond acceptors (Lipinski definition) is 2. The van der Waals surface area contributed by atoms with Crippen molar-refractivity contribution >= 4 is 110 Å². The zero-order valence-electron chi connectivity index (χ0n) is 46.7. The molecule has 11 aromatic carbocycles. The van der Waals surface area contributed by atoms with Crippen molar-refractivity contribution in [2.24, 2.45) is 0 Å². The van der Waals surface area contributed by atoms with Crippen molar-refractivity contribution in [2.75, 3.05) is 9.80 Å². The Morgan fingerprint density at radius 3 is 1.05 bits per heavy atom. The number of aromatic nitrogens is 2. The molecule has 4 aromatic heterocycles. The third-order valence-corrected chi connectivity index (χ3v) is 17.2. The van der Waals surface area contributed by atoms with E-state index in [1.54, 1.807) is 0 Å². The molecule has 15 rings (SSSR count). The standard InChI is InChI=1S/C76H62N4/c1-47-27-33-53(34-28-47)77(65-39-31-51(75(3,4)5)43-59(65)49-19-11-9-12-20-49)67-41-37-55-61-45-70-62(46-69(61)79-63-25-17-15-23-57(63)71(67)73(55)79)56-38-42-68(72-58-24-16-18-26-64(58)80(70)74(56)72)78(54-35-29-48(2)30-36-54)66-40-32-52(76(6,7)8)44-60(66)50-21-13-10-14-22-50/h9-46H,1-8H3. The Bertz CT molecular complexity index is 4580. The molecule has 4 heterocycles. The first-order chi connectivity index (χ1) is 38.8. The zero-order valence-corrected chi connectivity index (χ0v) is 46.7. The third kappa shape index (κ3) is 7.21. The minimum Gasteiger partial charge on any atom is -0.309 e. The molecule has 4 nitrogen and oxygen atoms in total. The highest BCUT2D eigenvalue weighted by Crippen LogP contribution is 2.53. The molecular formula is C76H62N4. The van der Waals surface area contributed by atoms with E-state index < -0.39 is 0 Å². The molecule has 80 heavy (non-hydrogen) atoms. The van der Waals surface area contributed by atoms with Crippen LogP contribution >= 0.6 is 0 Å². The van der Waals surface area contributed by atoms with Crippen LogP contribution in [0.4, 0.5) is 34.1 Å². The molecule has 0 N–H and O–H groups in total. The molecule has 0 saturated heterocycles. The molecule has 15 aromatic rings. The highest BCUT2D eigenvalue weighted by Gasteiger charge is 2.30. The Kier molecular flexibility index (Phi) is 10.5. The number of fused-ring (bicyclic) bond motifs is 12. The van der Waals surface area contributed by atoms with Crippen molar-refractivity contribution in [3.8, 4) is 22.3 Å². The fourth-order valence-electron chi connectivity index (χ4n) is 13.1. The summed E-state index contributed by atoms with van der Waals surface area (Å²) in [6, 6.07) is 86.9. The van der Waals surface area contributed by atoms with E-state index in [1.807, 2.05) is 0 Å². The second-order valence-corrected chi connectivity index (χ2v) is 24.3. The van der Waals surface area contributed by atoms with E-state index in [0.717, 1.165) is 34.1 Å². The average Bonchev–Trinajstić information content (AvgIpc) is 2.96. The number of hydrogen-bond donors (Lipinski definition) is 0. The van der Waals surface area contributed by atoms with Crippen LogP contribution in [-0.4, -0.2) is 8.80 Å². The molecule has 0 saturated carbocycles. The minimum atomic E-state index is -0.0291. The number of nitrogens with zero attached hydrogens (tertiary/aromatic N) is 4. The van der Waals surface area contributed by atoms with Gasteiger partial charge in [-0.2, -0.15) is 0 Å². The Hall–Kier alpha value is -9.38. The van der Waals surface area contributed by atoms with Crippen LogP contribution in [0.15, 0.2) is 231 Å². The monoisotopic (exact) mass is 1030 g/mol. The Balaban J connectivity index is 1.00. The predicted octanol–water partition coefficient (Wildman–Crippen LogP) is 21.5. The van der Waals surface area contributed by atoms with Crippen LogP contribution in [-0.2, 0) is 10.8 Å². The summed E-state index contributed by atoms with van der Waals surface area (Å²) in [6.07, 6.45) is 0. The van der Waals surface area contributed by atoms with Crippen molar-refractivity contribution in [3.63, 3.8) is 0 Å². The van der Waals surface area contributed by atoms with Gasteiger partial charge < -0.3 is 18.6 Å². The SMILES string of the molecule is Cc1ccc(N(c2ccc(C(C)(C)C)cc2-c2ccccc2)c2ccc3c4cc5c(cc4n4c6ccccc6c2c34)c2ccc(N(c3ccc(C)cc3)c3ccc(C(C)(C)C)cc3-c3ccccc3)c3c4ccccc4n5c23)cc1. The maximum absolute atomic E-state index is 2.57. The van der Waals surface area contributed by atoms with E-state index in [0.29, 0.717) is 0 Å². The second-order valence-electron chi connectivity index (χ2n) is 24.3. The van der Waals surface area contributed by atoms with Gasteiger partial charge in [0.1, 0.15) is 0 Å². The molecule has 0 amide bonds. The van der Waals surface area contributed by atoms with E-state index in [-0.39, 0.29) is 10.8 Å². The lowest BCUT2D eigenvalue weighted by Gasteiger charge is -2.30. The van der Waals surface area contributed by atoms with Gasteiger partial charge in [-0.25, -0.2) is 0 Å². The maximum atomic E-state index is 2.57. The molecular weight excluding hydrogens is 969 g/mol. The largest absolute Gasteiger partial charge is 0.309 e. The minimum absolute atomic E-state index is 0.0291. The van der Waals surface area contributed by atoms with Crippen molar-refractivity contribution in [3.05, 3.63) is 253 Å². The van der Waals surface area contributed by atoms with Crippen LogP contribution < -0.4 is 9.80 Å². The molecule has 0 bridgehead atoms. The van der Waals surface area contributed by atoms with Gasteiger partial charge in [0.2, 0.25) is 0 Å². The van der Waals surface area contributed by atoms with Gasteiger partial charge in [-0.05, 0) is 132 Å². The molecule has 0 aliphatic heterocycles. The van der Waals surface area contributed by atoms with Crippen molar-refractivity contribution in [2.45, 2.75) is 66.2 Å². The van der Waals surface area contributed by atoms with Gasteiger partial charge in [-0.1, -0.05) is 198 Å². The number of anilines is 6.